The molecule has 0 amide bonds. The molecule has 4 rings (SSSR count). The fourth-order valence-electron chi connectivity index (χ4n) is 5.82. The molecule has 2 aromatic rings. The quantitative estimate of drug-likeness (QED) is 0.677. The second kappa shape index (κ2) is 7.64. The van der Waals surface area contributed by atoms with E-state index in [1.165, 1.54) is 10.4 Å². The van der Waals surface area contributed by atoms with Crippen molar-refractivity contribution in [1.82, 2.24) is 4.90 Å². The van der Waals surface area contributed by atoms with Crippen molar-refractivity contribution >= 4 is 18.7 Å². The number of hydrogen-bond acceptors (Lipinski definition) is 2. The van der Waals surface area contributed by atoms with Crippen LogP contribution in [0.5, 0.6) is 0 Å². The van der Waals surface area contributed by atoms with Crippen LogP contribution in [0.25, 0.3) is 0 Å². The maximum atomic E-state index is 14.4. The molecule has 0 radical (unpaired) electrons. The normalized spacial score (nSPS) is 27.9. The largest absolute Gasteiger partial charge is 0.406 e. The van der Waals surface area contributed by atoms with Gasteiger partial charge in [0.2, 0.25) is 0 Å². The first-order valence-electron chi connectivity index (χ1n) is 10.9. The molecule has 2 fully saturated rings. The maximum Gasteiger partial charge on any atom is 0.261 e. The predicted octanol–water partition coefficient (Wildman–Crippen LogP) is 4.39. The van der Waals surface area contributed by atoms with E-state index in [4.69, 9.17) is 4.43 Å². The van der Waals surface area contributed by atoms with E-state index in [1.54, 1.807) is 0 Å². The minimum atomic E-state index is -2.58. The van der Waals surface area contributed by atoms with Crippen LogP contribution >= 0.6 is 0 Å². The molecule has 2 aromatic carbocycles. The lowest BCUT2D eigenvalue weighted by molar-refractivity contribution is 0.107. The molecule has 0 spiro atoms. The Morgan fingerprint density at radius 2 is 1.52 bits per heavy atom. The monoisotopic (exact) mass is 411 g/mol. The summed E-state index contributed by atoms with van der Waals surface area (Å²) in [5, 5.41) is 2.54. The molecule has 0 aliphatic carbocycles. The Bertz CT molecular complexity index is 766. The van der Waals surface area contributed by atoms with Crippen molar-refractivity contribution in [3.63, 3.8) is 0 Å². The van der Waals surface area contributed by atoms with E-state index in [-0.39, 0.29) is 10.6 Å². The first-order chi connectivity index (χ1) is 13.8. The maximum absolute atomic E-state index is 14.4. The van der Waals surface area contributed by atoms with Gasteiger partial charge < -0.3 is 4.43 Å². The van der Waals surface area contributed by atoms with E-state index >= 15 is 0 Å². The van der Waals surface area contributed by atoms with Crippen LogP contribution in [0.1, 0.15) is 40.5 Å². The van der Waals surface area contributed by atoms with Crippen LogP contribution in [-0.2, 0) is 4.43 Å². The Kier molecular flexibility index (Phi) is 5.47. The Labute approximate surface area is 176 Å². The molecule has 2 nitrogen and oxygen atoms in total. The number of halogens is 1. The van der Waals surface area contributed by atoms with Crippen LogP contribution in [0.15, 0.2) is 60.7 Å². The van der Waals surface area contributed by atoms with Crippen molar-refractivity contribution in [2.24, 2.45) is 5.92 Å². The highest BCUT2D eigenvalue weighted by molar-refractivity contribution is 6.99. The van der Waals surface area contributed by atoms with Crippen LogP contribution in [0.3, 0.4) is 0 Å². The molecule has 156 valence electrons. The van der Waals surface area contributed by atoms with Gasteiger partial charge in [-0.15, -0.1) is 0 Å². The smallest absolute Gasteiger partial charge is 0.261 e. The third-order valence-corrected chi connectivity index (χ3v) is 11.9. The molecule has 0 aromatic heterocycles. The minimum Gasteiger partial charge on any atom is -0.406 e. The molecule has 0 saturated carbocycles. The van der Waals surface area contributed by atoms with Gasteiger partial charge in [-0.1, -0.05) is 88.4 Å². The zero-order valence-electron chi connectivity index (χ0n) is 18.2. The van der Waals surface area contributed by atoms with Crippen molar-refractivity contribution < 1.29 is 8.82 Å². The first-order valence-corrected chi connectivity index (χ1v) is 12.8. The zero-order chi connectivity index (χ0) is 20.7. The number of nitrogens with zero attached hydrogens (tertiary/aromatic N) is 1. The van der Waals surface area contributed by atoms with Gasteiger partial charge in [0, 0.05) is 25.0 Å². The van der Waals surface area contributed by atoms with Gasteiger partial charge in [0.15, 0.2) is 0 Å². The van der Waals surface area contributed by atoms with E-state index in [9.17, 15) is 4.39 Å². The second-order valence-electron chi connectivity index (χ2n) is 10.2. The summed E-state index contributed by atoms with van der Waals surface area (Å²) in [6.45, 7) is 11.4. The van der Waals surface area contributed by atoms with Crippen LogP contribution < -0.4 is 10.4 Å². The summed E-state index contributed by atoms with van der Waals surface area (Å²) in [5.41, 5.74) is -0.147. The van der Waals surface area contributed by atoms with Crippen molar-refractivity contribution in [3.8, 4) is 0 Å². The number of rotatable bonds is 5. The summed E-state index contributed by atoms with van der Waals surface area (Å²) in [7, 11) is -2.58. The fraction of sp³-hybridized carbons (Fsp3) is 0.520. The van der Waals surface area contributed by atoms with Gasteiger partial charge in [0.25, 0.3) is 8.32 Å². The molecule has 0 N–H and O–H groups in total. The van der Waals surface area contributed by atoms with Crippen LogP contribution in [-0.4, -0.2) is 44.6 Å². The summed E-state index contributed by atoms with van der Waals surface area (Å²) in [4.78, 5) is 2.38. The van der Waals surface area contributed by atoms with Gasteiger partial charge >= 0.3 is 0 Å². The van der Waals surface area contributed by atoms with E-state index < -0.39 is 14.5 Å². The van der Waals surface area contributed by atoms with Crippen molar-refractivity contribution in [1.29, 1.82) is 0 Å². The minimum absolute atomic E-state index is 0.0465. The molecule has 2 aliphatic heterocycles. The Balaban J connectivity index is 1.77. The number of alkyl halides is 1. The lowest BCUT2D eigenvalue weighted by Gasteiger charge is -2.45. The third kappa shape index (κ3) is 3.60. The summed E-state index contributed by atoms with van der Waals surface area (Å²) in [6.07, 6.45) is 0.909. The van der Waals surface area contributed by atoms with Crippen LogP contribution in [0.2, 0.25) is 5.04 Å². The first kappa shape index (κ1) is 20.8. The highest BCUT2D eigenvalue weighted by Crippen LogP contribution is 2.45. The van der Waals surface area contributed by atoms with Crippen molar-refractivity contribution in [2.45, 2.75) is 57.3 Å². The lowest BCUT2D eigenvalue weighted by Crippen LogP contribution is -2.68. The van der Waals surface area contributed by atoms with Crippen molar-refractivity contribution in [3.05, 3.63) is 60.7 Å². The molecule has 2 saturated heterocycles. The molecular formula is C25H34FNOSi. The van der Waals surface area contributed by atoms with Gasteiger partial charge in [0.05, 0.1) is 6.61 Å². The van der Waals surface area contributed by atoms with Crippen LogP contribution in [0.4, 0.5) is 4.39 Å². The third-order valence-electron chi connectivity index (χ3n) is 6.93. The molecule has 4 heteroatoms. The highest BCUT2D eigenvalue weighted by atomic mass is 28.4. The van der Waals surface area contributed by atoms with Gasteiger partial charge in [0.1, 0.15) is 6.17 Å². The number of fused-ring (bicyclic) bond motifs is 1. The van der Waals surface area contributed by atoms with E-state index in [2.05, 4.69) is 93.3 Å². The SMILES string of the molecule is C[C@@H]1CN2C[C@H](F)C[C@]2(CO[Si](c2ccccc2)(c2ccccc2)C(C)(C)C)C1. The Morgan fingerprint density at radius 1 is 0.966 bits per heavy atom. The number of benzene rings is 2. The van der Waals surface area contributed by atoms with Gasteiger partial charge in [-0.3, -0.25) is 4.90 Å². The van der Waals surface area contributed by atoms with E-state index in [0.29, 0.717) is 25.5 Å². The lowest BCUT2D eigenvalue weighted by atomic mass is 9.91. The van der Waals surface area contributed by atoms with Crippen molar-refractivity contribution in [2.75, 3.05) is 19.7 Å². The zero-order valence-corrected chi connectivity index (χ0v) is 19.2. The fourth-order valence-corrected chi connectivity index (χ4v) is 10.5. The number of hydrogen-bond donors (Lipinski definition) is 0. The van der Waals surface area contributed by atoms with Gasteiger partial charge in [-0.25, -0.2) is 4.39 Å². The Morgan fingerprint density at radius 3 is 2.03 bits per heavy atom. The Hall–Kier alpha value is -1.49. The van der Waals surface area contributed by atoms with Crippen LogP contribution in [0, 0.1) is 5.92 Å². The molecule has 29 heavy (non-hydrogen) atoms. The molecule has 2 heterocycles. The molecule has 0 bridgehead atoms. The molecule has 3 atom stereocenters. The van der Waals surface area contributed by atoms with E-state index in [0.717, 1.165) is 13.0 Å². The average Bonchev–Trinajstić information content (AvgIpc) is 3.13. The summed E-state index contributed by atoms with van der Waals surface area (Å²) < 4.78 is 21.6. The molecule has 0 unspecified atom stereocenters. The van der Waals surface area contributed by atoms with Gasteiger partial charge in [-0.05, 0) is 27.8 Å². The molecule has 2 aliphatic rings. The highest BCUT2D eigenvalue weighted by Gasteiger charge is 2.55. The standard InChI is InChI=1S/C25H34FNOSi/c1-20-15-25(16-21(26)18-27(25)17-20)19-28-29(24(2,3)4,22-11-7-5-8-12-22)23-13-9-6-10-14-23/h5-14,20-21H,15-19H2,1-4H3/t20-,21+,25-/m0/s1. The molecular weight excluding hydrogens is 377 g/mol. The summed E-state index contributed by atoms with van der Waals surface area (Å²) in [5.74, 6) is 0.602. The summed E-state index contributed by atoms with van der Waals surface area (Å²) in [6, 6.07) is 21.5. The van der Waals surface area contributed by atoms with Gasteiger partial charge in [-0.2, -0.15) is 0 Å². The summed E-state index contributed by atoms with van der Waals surface area (Å²) >= 11 is 0. The topological polar surface area (TPSA) is 12.5 Å². The predicted molar refractivity (Wildman–Crippen MR) is 121 cm³/mol. The van der Waals surface area contributed by atoms with E-state index in [1.807, 2.05) is 0 Å². The second-order valence-corrected chi connectivity index (χ2v) is 14.5. The average molecular weight is 412 g/mol.